The number of hydrogen-bond acceptors (Lipinski definition) is 6. The molecule has 0 spiro atoms. The lowest BCUT2D eigenvalue weighted by Gasteiger charge is -2.25. The van der Waals surface area contributed by atoms with Gasteiger partial charge in [-0.25, -0.2) is 9.97 Å². The lowest BCUT2D eigenvalue weighted by atomic mass is 10.1. The van der Waals surface area contributed by atoms with Crippen LogP contribution in [-0.2, 0) is 9.53 Å². The monoisotopic (exact) mass is 326 g/mol. The molecule has 2 rings (SSSR count). The maximum absolute atomic E-state index is 12.0. The molecule has 0 saturated heterocycles. The van der Waals surface area contributed by atoms with Crippen LogP contribution in [0.3, 0.4) is 0 Å². The van der Waals surface area contributed by atoms with Crippen molar-refractivity contribution in [1.82, 2.24) is 9.97 Å². The van der Waals surface area contributed by atoms with E-state index in [1.54, 1.807) is 0 Å². The summed E-state index contributed by atoms with van der Waals surface area (Å²) in [5, 5.41) is 9.48. The molecule has 0 unspecified atom stereocenters. The maximum Gasteiger partial charge on any atom is 0.329 e. The molecule has 0 fully saturated rings. The Morgan fingerprint density at radius 3 is 2.29 bits per heavy atom. The van der Waals surface area contributed by atoms with Crippen LogP contribution in [0, 0.1) is 11.3 Å². The first kappa shape index (κ1) is 17.7. The number of ether oxygens (including phenoxy) is 1. The Hall–Kier alpha value is -2.68. The van der Waals surface area contributed by atoms with E-state index in [0.717, 1.165) is 31.4 Å². The Bertz CT molecular complexity index is 748. The Kier molecular flexibility index (Phi) is 6.07. The highest BCUT2D eigenvalue weighted by Crippen LogP contribution is 2.28. The summed E-state index contributed by atoms with van der Waals surface area (Å²) < 4.78 is 4.78. The fourth-order valence-electron chi connectivity index (χ4n) is 2.64. The van der Waals surface area contributed by atoms with Crippen molar-refractivity contribution in [1.29, 1.82) is 5.26 Å². The van der Waals surface area contributed by atoms with E-state index < -0.39 is 11.9 Å². The molecule has 6 nitrogen and oxygen atoms in total. The molecule has 0 bridgehead atoms. The highest BCUT2D eigenvalue weighted by Gasteiger charge is 2.29. The Morgan fingerprint density at radius 1 is 1.21 bits per heavy atom. The normalized spacial score (nSPS) is 11.8. The number of fused-ring (bicyclic) bond motifs is 1. The number of nitriles is 1. The highest BCUT2D eigenvalue weighted by atomic mass is 16.5. The second kappa shape index (κ2) is 8.25. The minimum Gasteiger partial charge on any atom is -0.468 e. The number of nitrogens with zero attached hydrogens (tertiary/aromatic N) is 4. The predicted octanol–water partition coefficient (Wildman–Crippen LogP) is 3.04. The van der Waals surface area contributed by atoms with Crippen molar-refractivity contribution >= 4 is 22.8 Å². The molecule has 1 heterocycles. The van der Waals surface area contributed by atoms with Crippen LogP contribution in [0.15, 0.2) is 24.3 Å². The Balaban J connectivity index is 2.66. The van der Waals surface area contributed by atoms with Gasteiger partial charge in [0.25, 0.3) is 0 Å². The van der Waals surface area contributed by atoms with E-state index in [-0.39, 0.29) is 0 Å². The summed E-state index contributed by atoms with van der Waals surface area (Å²) in [7, 11) is 1.27. The fraction of sp³-hybridized carbons (Fsp3) is 0.444. The lowest BCUT2D eigenvalue weighted by molar-refractivity contribution is -0.141. The van der Waals surface area contributed by atoms with E-state index in [9.17, 15) is 10.1 Å². The van der Waals surface area contributed by atoms with Crippen molar-refractivity contribution in [3.8, 4) is 6.07 Å². The van der Waals surface area contributed by atoms with E-state index in [4.69, 9.17) is 9.72 Å². The predicted molar refractivity (Wildman–Crippen MR) is 92.7 cm³/mol. The molecule has 0 aliphatic rings. The van der Waals surface area contributed by atoms with E-state index in [1.165, 1.54) is 7.11 Å². The molecule has 0 radical (unpaired) electrons. The SMILES string of the molecule is CCCN(CCC)c1nc2ccccc2nc1[C@@H](C#N)C(=O)OC. The summed E-state index contributed by atoms with van der Waals surface area (Å²) in [5.74, 6) is -1.11. The number of carbonyl (C=O) groups excluding carboxylic acids is 1. The quantitative estimate of drug-likeness (QED) is 0.728. The van der Waals surface area contributed by atoms with Crippen LogP contribution in [0.5, 0.6) is 0 Å². The second-order valence-electron chi connectivity index (χ2n) is 5.49. The van der Waals surface area contributed by atoms with Crippen LogP contribution in [0.4, 0.5) is 5.82 Å². The van der Waals surface area contributed by atoms with Crippen molar-refractivity contribution in [3.63, 3.8) is 0 Å². The molecule has 0 amide bonds. The van der Waals surface area contributed by atoms with E-state index in [1.807, 2.05) is 30.3 Å². The highest BCUT2D eigenvalue weighted by molar-refractivity contribution is 5.85. The molecular formula is C18H22N4O2. The molecule has 0 aliphatic carbocycles. The number of esters is 1. The number of carbonyl (C=O) groups is 1. The zero-order valence-corrected chi connectivity index (χ0v) is 14.3. The number of aromatic nitrogens is 2. The fourth-order valence-corrected chi connectivity index (χ4v) is 2.64. The molecule has 6 heteroatoms. The van der Waals surface area contributed by atoms with Crippen LogP contribution in [0.1, 0.15) is 38.3 Å². The minimum absolute atomic E-state index is 0.366. The maximum atomic E-state index is 12.0. The van der Waals surface area contributed by atoms with Gasteiger partial charge in [-0.05, 0) is 25.0 Å². The van der Waals surface area contributed by atoms with E-state index in [0.29, 0.717) is 17.0 Å². The molecule has 126 valence electrons. The van der Waals surface area contributed by atoms with Crippen LogP contribution >= 0.6 is 0 Å². The lowest BCUT2D eigenvalue weighted by Crippen LogP contribution is -2.29. The second-order valence-corrected chi connectivity index (χ2v) is 5.49. The van der Waals surface area contributed by atoms with Gasteiger partial charge in [0.2, 0.25) is 0 Å². The largest absolute Gasteiger partial charge is 0.468 e. The van der Waals surface area contributed by atoms with Gasteiger partial charge in [-0.2, -0.15) is 5.26 Å². The summed E-state index contributed by atoms with van der Waals surface area (Å²) in [6, 6.07) is 9.47. The van der Waals surface area contributed by atoms with Crippen LogP contribution in [-0.4, -0.2) is 36.1 Å². The summed E-state index contributed by atoms with van der Waals surface area (Å²) in [5.41, 5.74) is 1.77. The van der Waals surface area contributed by atoms with Gasteiger partial charge in [0.15, 0.2) is 11.7 Å². The van der Waals surface area contributed by atoms with Crippen molar-refractivity contribution in [2.45, 2.75) is 32.6 Å². The third-order valence-electron chi connectivity index (χ3n) is 3.70. The number of anilines is 1. The smallest absolute Gasteiger partial charge is 0.329 e. The summed E-state index contributed by atoms with van der Waals surface area (Å²) in [6.45, 7) is 5.73. The van der Waals surface area contributed by atoms with Crippen molar-refractivity contribution < 1.29 is 9.53 Å². The average molecular weight is 326 g/mol. The standard InChI is InChI=1S/C18H22N4O2/c1-4-10-22(11-5-2)17-16(13(12-19)18(23)24-3)20-14-8-6-7-9-15(14)21-17/h6-9,13H,4-5,10-11H2,1-3H3/t13-/m1/s1. The Morgan fingerprint density at radius 2 is 1.79 bits per heavy atom. The van der Waals surface area contributed by atoms with Gasteiger partial charge < -0.3 is 9.64 Å². The summed E-state index contributed by atoms with van der Waals surface area (Å²) >= 11 is 0. The third kappa shape index (κ3) is 3.62. The summed E-state index contributed by atoms with van der Waals surface area (Å²) in [4.78, 5) is 23.4. The van der Waals surface area contributed by atoms with Crippen LogP contribution in [0.25, 0.3) is 11.0 Å². The molecule has 2 aromatic rings. The van der Waals surface area contributed by atoms with Crippen molar-refractivity contribution in [3.05, 3.63) is 30.0 Å². The molecule has 0 saturated carbocycles. The summed E-state index contributed by atoms with van der Waals surface area (Å²) in [6.07, 6.45) is 1.87. The topological polar surface area (TPSA) is 79.1 Å². The van der Waals surface area contributed by atoms with Crippen molar-refractivity contribution in [2.24, 2.45) is 0 Å². The first-order chi connectivity index (χ1) is 11.7. The molecule has 1 atom stereocenters. The molecular weight excluding hydrogens is 304 g/mol. The number of methoxy groups -OCH3 is 1. The minimum atomic E-state index is -1.08. The number of hydrogen-bond donors (Lipinski definition) is 0. The van der Waals surface area contributed by atoms with E-state index >= 15 is 0 Å². The molecule has 0 N–H and O–H groups in total. The molecule has 0 aliphatic heterocycles. The zero-order chi connectivity index (χ0) is 17.5. The molecule has 1 aromatic carbocycles. The Labute approximate surface area is 142 Å². The number of benzene rings is 1. The van der Waals surface area contributed by atoms with Gasteiger partial charge in [0.05, 0.1) is 24.2 Å². The average Bonchev–Trinajstić information content (AvgIpc) is 2.61. The van der Waals surface area contributed by atoms with E-state index in [2.05, 4.69) is 23.7 Å². The number of rotatable bonds is 7. The first-order valence-electron chi connectivity index (χ1n) is 8.15. The number of para-hydroxylation sites is 2. The van der Waals surface area contributed by atoms with Gasteiger partial charge in [-0.15, -0.1) is 0 Å². The van der Waals surface area contributed by atoms with Crippen molar-refractivity contribution in [2.75, 3.05) is 25.1 Å². The van der Waals surface area contributed by atoms with Gasteiger partial charge in [-0.3, -0.25) is 4.79 Å². The molecule has 24 heavy (non-hydrogen) atoms. The van der Waals surface area contributed by atoms with Gasteiger partial charge in [0, 0.05) is 13.1 Å². The van der Waals surface area contributed by atoms with Crippen LogP contribution < -0.4 is 4.90 Å². The molecule has 1 aromatic heterocycles. The van der Waals surface area contributed by atoms with Gasteiger partial charge in [0.1, 0.15) is 5.69 Å². The first-order valence-corrected chi connectivity index (χ1v) is 8.15. The van der Waals surface area contributed by atoms with Gasteiger partial charge in [-0.1, -0.05) is 26.0 Å². The van der Waals surface area contributed by atoms with Crippen LogP contribution in [0.2, 0.25) is 0 Å². The van der Waals surface area contributed by atoms with Gasteiger partial charge >= 0.3 is 5.97 Å². The third-order valence-corrected chi connectivity index (χ3v) is 3.70. The zero-order valence-electron chi connectivity index (χ0n) is 14.3.